The molecule has 3 aromatic rings. The van der Waals surface area contributed by atoms with Crippen molar-refractivity contribution in [1.82, 2.24) is 9.78 Å². The number of hydrogen-bond donors (Lipinski definition) is 0. The fourth-order valence-electron chi connectivity index (χ4n) is 4.60. The van der Waals surface area contributed by atoms with Crippen LogP contribution in [0.2, 0.25) is 30.7 Å². The molecular weight excluding hydrogens is 524 g/mol. The number of nitriles is 1. The van der Waals surface area contributed by atoms with E-state index < -0.39 is 18.1 Å². The van der Waals surface area contributed by atoms with E-state index in [1.165, 1.54) is 10.6 Å². The minimum Gasteiger partial charge on any atom is -0.360 e. The van der Waals surface area contributed by atoms with Crippen LogP contribution in [0.25, 0.3) is 10.9 Å². The fourth-order valence-corrected chi connectivity index (χ4v) is 6.27. The maximum Gasteiger partial charge on any atom is 0.234 e. The molecule has 0 saturated heterocycles. The van der Waals surface area contributed by atoms with Crippen molar-refractivity contribution in [3.8, 4) is 6.07 Å². The van der Waals surface area contributed by atoms with Crippen molar-refractivity contribution >= 4 is 46.3 Å². The van der Waals surface area contributed by atoms with Crippen molar-refractivity contribution in [2.75, 3.05) is 23.9 Å². The van der Waals surface area contributed by atoms with E-state index >= 15 is 0 Å². The van der Waals surface area contributed by atoms with Crippen molar-refractivity contribution in [1.29, 1.82) is 5.26 Å². The van der Waals surface area contributed by atoms with Gasteiger partial charge in [0.2, 0.25) is 10.0 Å². The average molecular weight is 559 g/mol. The van der Waals surface area contributed by atoms with Crippen LogP contribution in [-0.2, 0) is 14.8 Å². The van der Waals surface area contributed by atoms with Crippen molar-refractivity contribution in [3.05, 3.63) is 59.2 Å². The Hall–Kier alpha value is -2.38. The highest BCUT2D eigenvalue weighted by Crippen LogP contribution is 2.43. The van der Waals surface area contributed by atoms with Crippen LogP contribution in [0.5, 0.6) is 0 Å². The Balaban J connectivity index is 1.66. The van der Waals surface area contributed by atoms with Gasteiger partial charge < -0.3 is 4.74 Å². The molecule has 3 atom stereocenters. The van der Waals surface area contributed by atoms with Gasteiger partial charge in [-0.3, -0.25) is 4.68 Å². The Morgan fingerprint density at radius 1 is 1.24 bits per heavy atom. The molecule has 4 rings (SSSR count). The minimum atomic E-state index is -3.58. The number of fused-ring (bicyclic) bond motifs is 1. The van der Waals surface area contributed by atoms with Crippen LogP contribution in [0.4, 0.5) is 5.69 Å². The summed E-state index contributed by atoms with van der Waals surface area (Å²) in [6.07, 6.45) is 5.64. The van der Waals surface area contributed by atoms with E-state index in [0.29, 0.717) is 23.2 Å². The van der Waals surface area contributed by atoms with Crippen molar-refractivity contribution in [3.63, 3.8) is 0 Å². The minimum absolute atomic E-state index is 0.0363. The number of ether oxygens (including phenoxy) is 1. The van der Waals surface area contributed by atoms with Crippen LogP contribution < -0.4 is 4.31 Å². The van der Waals surface area contributed by atoms with Gasteiger partial charge in [0.25, 0.3) is 0 Å². The maximum atomic E-state index is 12.8. The second kappa shape index (κ2) is 11.2. The summed E-state index contributed by atoms with van der Waals surface area (Å²) in [5, 5.41) is 15.4. The lowest BCUT2D eigenvalue weighted by atomic mass is 9.99. The molecule has 1 aromatic heterocycles. The zero-order chi connectivity index (χ0) is 26.8. The van der Waals surface area contributed by atoms with Gasteiger partial charge in [0, 0.05) is 31.0 Å². The summed E-state index contributed by atoms with van der Waals surface area (Å²) in [6, 6.07) is 16.7. The molecule has 1 heterocycles. The smallest absolute Gasteiger partial charge is 0.234 e. The molecule has 1 aliphatic carbocycles. The van der Waals surface area contributed by atoms with Gasteiger partial charge in [0.15, 0.2) is 0 Å². The van der Waals surface area contributed by atoms with Gasteiger partial charge in [-0.2, -0.15) is 10.4 Å². The average Bonchev–Trinajstić information content (AvgIpc) is 3.46. The van der Waals surface area contributed by atoms with Gasteiger partial charge >= 0.3 is 0 Å². The molecule has 0 radical (unpaired) electrons. The van der Waals surface area contributed by atoms with E-state index in [4.69, 9.17) is 21.4 Å². The highest BCUT2D eigenvalue weighted by molar-refractivity contribution is 7.92. The highest BCUT2D eigenvalue weighted by atomic mass is 35.5. The lowest BCUT2D eigenvalue weighted by Crippen LogP contribution is -2.33. The third kappa shape index (κ3) is 6.93. The molecule has 0 amide bonds. The number of rotatable bonds is 12. The Kier molecular flexibility index (Phi) is 8.34. The summed E-state index contributed by atoms with van der Waals surface area (Å²) < 4.78 is 34.7. The first kappa shape index (κ1) is 27.6. The van der Waals surface area contributed by atoms with Gasteiger partial charge in [0.1, 0.15) is 6.73 Å². The summed E-state index contributed by atoms with van der Waals surface area (Å²) in [6.45, 7) is 7.29. The zero-order valence-electron chi connectivity index (χ0n) is 21.9. The van der Waals surface area contributed by atoms with Crippen molar-refractivity contribution < 1.29 is 13.2 Å². The summed E-state index contributed by atoms with van der Waals surface area (Å²) in [7, 11) is -4.87. The molecule has 0 bridgehead atoms. The Bertz CT molecular complexity index is 1380. The van der Waals surface area contributed by atoms with Crippen LogP contribution >= 0.6 is 11.6 Å². The normalized spacial score (nSPS) is 18.5. The van der Waals surface area contributed by atoms with Gasteiger partial charge in [-0.25, -0.2) is 12.7 Å². The third-order valence-electron chi connectivity index (χ3n) is 6.94. The first-order chi connectivity index (χ1) is 17.5. The van der Waals surface area contributed by atoms with Gasteiger partial charge in [-0.1, -0.05) is 49.4 Å². The Labute approximate surface area is 226 Å². The number of benzene rings is 2. The number of sulfonamides is 1. The predicted octanol–water partition coefficient (Wildman–Crippen LogP) is 6.30. The second-order valence-electron chi connectivity index (χ2n) is 11.1. The molecule has 37 heavy (non-hydrogen) atoms. The van der Waals surface area contributed by atoms with E-state index in [9.17, 15) is 13.7 Å². The first-order valence-corrected chi connectivity index (χ1v) is 18.6. The van der Waals surface area contributed by atoms with Gasteiger partial charge in [-0.15, -0.1) is 0 Å². The third-order valence-corrected chi connectivity index (χ3v) is 10.0. The van der Waals surface area contributed by atoms with Crippen LogP contribution in [-0.4, -0.2) is 45.9 Å². The van der Waals surface area contributed by atoms with Gasteiger partial charge in [0.05, 0.1) is 35.8 Å². The highest BCUT2D eigenvalue weighted by Gasteiger charge is 2.37. The summed E-state index contributed by atoms with van der Waals surface area (Å²) in [4.78, 5) is 0. The molecule has 2 aromatic carbocycles. The molecule has 0 aliphatic heterocycles. The van der Waals surface area contributed by atoms with Crippen LogP contribution in [0.3, 0.4) is 0 Å². The molecule has 10 heteroatoms. The van der Waals surface area contributed by atoms with E-state index in [2.05, 4.69) is 25.7 Å². The molecule has 1 saturated carbocycles. The summed E-state index contributed by atoms with van der Waals surface area (Å²) in [5.41, 5.74) is 2.48. The molecule has 0 N–H and O–H groups in total. The van der Waals surface area contributed by atoms with Crippen molar-refractivity contribution in [2.45, 2.75) is 51.0 Å². The van der Waals surface area contributed by atoms with Crippen LogP contribution in [0.1, 0.15) is 30.9 Å². The number of halogens is 1. The Morgan fingerprint density at radius 2 is 1.97 bits per heavy atom. The topological polar surface area (TPSA) is 88.2 Å². The first-order valence-electron chi connectivity index (χ1n) is 12.6. The quantitative estimate of drug-likeness (QED) is 0.148. The van der Waals surface area contributed by atoms with E-state index in [-0.39, 0.29) is 18.7 Å². The number of aromatic nitrogens is 2. The van der Waals surface area contributed by atoms with Crippen molar-refractivity contribution in [2.24, 2.45) is 11.8 Å². The maximum absolute atomic E-state index is 12.8. The standard InChI is InChI=1S/C27H35ClN4O3SSi/c1-36(33,34)31(19-35-14-15-37(2,3)4)26-6-5-7-27-24(26)18-30-32(27)25(13-10-21-16-22(21)17-29)20-8-11-23(28)12-9-20/h5-9,11-12,18,21-22,25H,10,13-16,19H2,1-4H3. The predicted molar refractivity (Wildman–Crippen MR) is 152 cm³/mol. The Morgan fingerprint density at radius 3 is 2.59 bits per heavy atom. The summed E-state index contributed by atoms with van der Waals surface area (Å²) >= 11 is 6.16. The number of nitrogens with zero attached hydrogens (tertiary/aromatic N) is 4. The molecule has 1 aliphatic rings. The molecule has 1 fully saturated rings. The largest absolute Gasteiger partial charge is 0.360 e. The summed E-state index contributed by atoms with van der Waals surface area (Å²) in [5.74, 6) is 0.572. The number of hydrogen-bond acceptors (Lipinski definition) is 5. The van der Waals surface area contributed by atoms with E-state index in [1.807, 2.05) is 41.1 Å². The monoisotopic (exact) mass is 558 g/mol. The van der Waals surface area contributed by atoms with E-state index in [1.54, 1.807) is 12.3 Å². The zero-order valence-corrected chi connectivity index (χ0v) is 24.5. The molecule has 7 nitrogen and oxygen atoms in total. The SMILES string of the molecule is C[Si](C)(C)CCOCN(c1cccc2c1cnn2C(CCC1CC1C#N)c1ccc(Cl)cc1)S(C)(=O)=O. The molecular formula is C27H35ClN4O3SSi. The second-order valence-corrected chi connectivity index (χ2v) is 19.1. The lowest BCUT2D eigenvalue weighted by Gasteiger charge is -2.24. The van der Waals surface area contributed by atoms with Crippen LogP contribution in [0, 0.1) is 23.2 Å². The van der Waals surface area contributed by atoms with Gasteiger partial charge in [-0.05, 0) is 61.1 Å². The number of anilines is 1. The lowest BCUT2D eigenvalue weighted by molar-refractivity contribution is 0.156. The fraction of sp³-hybridized carbons (Fsp3) is 0.481. The molecule has 3 unspecified atom stereocenters. The molecule has 198 valence electrons. The molecule has 0 spiro atoms. The van der Waals surface area contributed by atoms with Crippen LogP contribution in [0.15, 0.2) is 48.7 Å². The van der Waals surface area contributed by atoms with E-state index in [0.717, 1.165) is 41.8 Å².